The first-order chi connectivity index (χ1) is 21.4. The maximum atomic E-state index is 13.1. The lowest BCUT2D eigenvalue weighted by Crippen LogP contribution is -2.28. The van der Waals surface area contributed by atoms with E-state index in [1.807, 2.05) is 6.92 Å². The van der Waals surface area contributed by atoms with E-state index in [0.717, 1.165) is 18.9 Å². The lowest BCUT2D eigenvalue weighted by Gasteiger charge is -2.16. The number of aromatic hydroxyl groups is 6. The van der Waals surface area contributed by atoms with Gasteiger partial charge in [-0.3, -0.25) is 0 Å². The van der Waals surface area contributed by atoms with Gasteiger partial charge in [-0.2, -0.15) is 0 Å². The standard InChI is InChI=1S/C34H38O11/c1-2-3-4-6-23(18-33(42)45-32(34(43)44)14-20-8-11-26(36)27(37)13-20)25-19-31(41)30(40)17-24(25)10-9-22-16-29(39)28(38)15-21(22)7-5-12-35/h8-11,13,15-19,32,35-41H,2-7,12,14H2,1H3,(H,43,44). The van der Waals surface area contributed by atoms with Gasteiger partial charge >= 0.3 is 11.9 Å². The minimum atomic E-state index is -1.61. The lowest BCUT2D eigenvalue weighted by atomic mass is 9.93. The normalized spacial score (nSPS) is 12.4. The zero-order valence-electron chi connectivity index (χ0n) is 24.8. The molecular weight excluding hydrogens is 584 g/mol. The molecule has 8 N–H and O–H groups in total. The molecule has 0 aliphatic carbocycles. The van der Waals surface area contributed by atoms with Crippen LogP contribution in [0.15, 0.2) is 48.5 Å². The Bertz CT molecular complexity index is 1570. The van der Waals surface area contributed by atoms with Crippen LogP contribution in [0.3, 0.4) is 0 Å². The summed E-state index contributed by atoms with van der Waals surface area (Å²) in [5.41, 5.74) is 2.64. The number of aryl methyl sites for hydroxylation is 1. The second-order valence-corrected chi connectivity index (χ2v) is 10.5. The minimum Gasteiger partial charge on any atom is -0.504 e. The Labute approximate surface area is 260 Å². The molecule has 1 unspecified atom stereocenters. The SMILES string of the molecule is CCCCCC(=CC(=O)OC(Cc1ccc(O)c(O)c1)C(=O)O)c1cc(O)c(O)cc1C=Cc1cc(O)c(O)cc1CCCO. The molecule has 0 saturated heterocycles. The average Bonchev–Trinajstić information content (AvgIpc) is 2.99. The number of aliphatic carboxylic acids is 1. The zero-order chi connectivity index (χ0) is 33.1. The number of phenolic OH excluding ortho intramolecular Hbond substituents is 6. The third-order valence-corrected chi connectivity index (χ3v) is 7.11. The largest absolute Gasteiger partial charge is 0.504 e. The van der Waals surface area contributed by atoms with Crippen molar-refractivity contribution in [2.75, 3.05) is 6.61 Å². The molecule has 0 aliphatic rings. The molecule has 0 heterocycles. The number of hydrogen-bond donors (Lipinski definition) is 8. The van der Waals surface area contributed by atoms with Crippen LogP contribution in [0.25, 0.3) is 17.7 Å². The van der Waals surface area contributed by atoms with E-state index in [0.29, 0.717) is 59.1 Å². The summed E-state index contributed by atoms with van der Waals surface area (Å²) in [5.74, 6) is -4.75. The van der Waals surface area contributed by atoms with Crippen LogP contribution in [0.5, 0.6) is 34.5 Å². The zero-order valence-corrected chi connectivity index (χ0v) is 24.8. The minimum absolute atomic E-state index is 0.0804. The van der Waals surface area contributed by atoms with Crippen molar-refractivity contribution in [2.24, 2.45) is 0 Å². The van der Waals surface area contributed by atoms with Crippen LogP contribution in [-0.4, -0.2) is 65.5 Å². The number of carbonyl (C=O) groups is 2. The average molecular weight is 623 g/mol. The Balaban J connectivity index is 2.01. The summed E-state index contributed by atoms with van der Waals surface area (Å²) in [6.07, 6.45) is 5.96. The van der Waals surface area contributed by atoms with E-state index >= 15 is 0 Å². The number of aliphatic hydroxyl groups excluding tert-OH is 1. The number of ether oxygens (including phenoxy) is 1. The number of phenols is 6. The number of benzene rings is 3. The molecule has 0 spiro atoms. The number of allylic oxidation sites excluding steroid dienone is 1. The van der Waals surface area contributed by atoms with E-state index in [1.165, 1.54) is 42.5 Å². The van der Waals surface area contributed by atoms with Crippen molar-refractivity contribution in [1.29, 1.82) is 0 Å². The molecule has 45 heavy (non-hydrogen) atoms. The van der Waals surface area contributed by atoms with Gasteiger partial charge in [0.15, 0.2) is 34.5 Å². The summed E-state index contributed by atoms with van der Waals surface area (Å²) in [6, 6.07) is 9.09. The number of aliphatic hydroxyl groups is 1. The van der Waals surface area contributed by atoms with Crippen molar-refractivity contribution < 1.29 is 55.2 Å². The Hall–Kier alpha value is -5.16. The van der Waals surface area contributed by atoms with Gasteiger partial charge in [-0.25, -0.2) is 9.59 Å². The van der Waals surface area contributed by atoms with Gasteiger partial charge in [0.2, 0.25) is 6.10 Å². The van der Waals surface area contributed by atoms with Crippen molar-refractivity contribution >= 4 is 29.7 Å². The van der Waals surface area contributed by atoms with E-state index in [1.54, 1.807) is 12.2 Å². The molecule has 0 aromatic heterocycles. The van der Waals surface area contributed by atoms with Gasteiger partial charge in [-0.05, 0) is 95.5 Å². The van der Waals surface area contributed by atoms with E-state index < -0.39 is 35.3 Å². The van der Waals surface area contributed by atoms with Crippen molar-refractivity contribution in [3.63, 3.8) is 0 Å². The molecule has 0 radical (unpaired) electrons. The monoisotopic (exact) mass is 622 g/mol. The fourth-order valence-corrected chi connectivity index (χ4v) is 4.72. The van der Waals surface area contributed by atoms with Crippen molar-refractivity contribution in [1.82, 2.24) is 0 Å². The second-order valence-electron chi connectivity index (χ2n) is 10.5. The molecule has 3 aromatic rings. The molecule has 3 aromatic carbocycles. The van der Waals surface area contributed by atoms with Crippen molar-refractivity contribution in [3.8, 4) is 34.5 Å². The fourth-order valence-electron chi connectivity index (χ4n) is 4.72. The quantitative estimate of drug-likeness (QED) is 0.0363. The van der Waals surface area contributed by atoms with Crippen LogP contribution in [0.4, 0.5) is 0 Å². The van der Waals surface area contributed by atoms with Crippen molar-refractivity contribution in [3.05, 3.63) is 76.4 Å². The van der Waals surface area contributed by atoms with E-state index in [4.69, 9.17) is 4.74 Å². The summed E-state index contributed by atoms with van der Waals surface area (Å²) in [4.78, 5) is 25.0. The molecule has 3 rings (SSSR count). The molecule has 0 saturated carbocycles. The van der Waals surface area contributed by atoms with Gasteiger partial charge in [0, 0.05) is 19.1 Å². The van der Waals surface area contributed by atoms with Gasteiger partial charge < -0.3 is 45.6 Å². The second kappa shape index (κ2) is 16.1. The summed E-state index contributed by atoms with van der Waals surface area (Å²) >= 11 is 0. The Morgan fingerprint density at radius 3 is 2.04 bits per heavy atom. The highest BCUT2D eigenvalue weighted by atomic mass is 16.6. The molecule has 0 aliphatic heterocycles. The van der Waals surface area contributed by atoms with Crippen LogP contribution in [0.1, 0.15) is 66.8 Å². The summed E-state index contributed by atoms with van der Waals surface area (Å²) in [5, 5.41) is 79.0. The summed E-state index contributed by atoms with van der Waals surface area (Å²) in [6.45, 7) is 1.92. The lowest BCUT2D eigenvalue weighted by molar-refractivity contribution is -0.160. The van der Waals surface area contributed by atoms with Crippen LogP contribution in [0, 0.1) is 0 Å². The van der Waals surface area contributed by atoms with E-state index in [2.05, 4.69) is 0 Å². The van der Waals surface area contributed by atoms with Gasteiger partial charge in [0.1, 0.15) is 0 Å². The third kappa shape index (κ3) is 9.67. The number of carbonyl (C=O) groups excluding carboxylic acids is 1. The number of unbranched alkanes of at least 4 members (excludes halogenated alkanes) is 2. The third-order valence-electron chi connectivity index (χ3n) is 7.11. The highest BCUT2D eigenvalue weighted by Crippen LogP contribution is 2.36. The fraction of sp³-hybridized carbons (Fsp3) is 0.294. The molecule has 240 valence electrons. The maximum Gasteiger partial charge on any atom is 0.345 e. The molecule has 1 atom stereocenters. The molecular formula is C34H38O11. The first kappa shape index (κ1) is 34.3. The van der Waals surface area contributed by atoms with Gasteiger partial charge in [-0.1, -0.05) is 38.0 Å². The Morgan fingerprint density at radius 2 is 1.40 bits per heavy atom. The van der Waals surface area contributed by atoms with Gasteiger partial charge in [0.05, 0.1) is 0 Å². The predicted molar refractivity (Wildman–Crippen MR) is 167 cm³/mol. The first-order valence-electron chi connectivity index (χ1n) is 14.5. The van der Waals surface area contributed by atoms with Crippen LogP contribution in [0.2, 0.25) is 0 Å². The smallest absolute Gasteiger partial charge is 0.345 e. The first-order valence-corrected chi connectivity index (χ1v) is 14.5. The molecule has 0 amide bonds. The Morgan fingerprint density at radius 1 is 0.778 bits per heavy atom. The number of carboxylic acid groups (broad SMARTS) is 1. The number of esters is 1. The van der Waals surface area contributed by atoms with Crippen LogP contribution in [-0.2, 0) is 27.2 Å². The molecule has 0 fully saturated rings. The number of rotatable bonds is 15. The molecule has 0 bridgehead atoms. The van der Waals surface area contributed by atoms with Gasteiger partial charge in [0.25, 0.3) is 0 Å². The topological polar surface area (TPSA) is 205 Å². The molecule has 11 heteroatoms. The highest BCUT2D eigenvalue weighted by molar-refractivity contribution is 5.95. The summed E-state index contributed by atoms with van der Waals surface area (Å²) in [7, 11) is 0. The highest BCUT2D eigenvalue weighted by Gasteiger charge is 2.23. The number of carboxylic acids is 1. The van der Waals surface area contributed by atoms with Crippen LogP contribution < -0.4 is 0 Å². The van der Waals surface area contributed by atoms with Crippen molar-refractivity contribution in [2.45, 2.75) is 58.0 Å². The summed E-state index contributed by atoms with van der Waals surface area (Å²) < 4.78 is 5.28. The number of hydrogen-bond acceptors (Lipinski definition) is 10. The van der Waals surface area contributed by atoms with Gasteiger partial charge in [-0.15, -0.1) is 0 Å². The molecule has 11 nitrogen and oxygen atoms in total. The maximum absolute atomic E-state index is 13.1. The predicted octanol–water partition coefficient (Wildman–Crippen LogP) is 5.22. The van der Waals surface area contributed by atoms with E-state index in [9.17, 15) is 50.4 Å². The Kier molecular flexibility index (Phi) is 12.3. The van der Waals surface area contributed by atoms with E-state index in [-0.39, 0.29) is 30.3 Å². The van der Waals surface area contributed by atoms with Crippen LogP contribution >= 0.6 is 0 Å².